The lowest BCUT2D eigenvalue weighted by molar-refractivity contribution is -0.135. The molecule has 1 aliphatic heterocycles. The van der Waals surface area contributed by atoms with Gasteiger partial charge in [0.15, 0.2) is 0 Å². The quantitative estimate of drug-likeness (QED) is 0.697. The molecule has 0 radical (unpaired) electrons. The minimum Gasteiger partial charge on any atom is -0.506 e. The number of hydrogen-bond donors (Lipinski definition) is 3. The highest BCUT2D eigenvalue weighted by molar-refractivity contribution is 5.98. The van der Waals surface area contributed by atoms with Crippen molar-refractivity contribution in [3.63, 3.8) is 0 Å². The lowest BCUT2D eigenvalue weighted by Crippen LogP contribution is -2.37. The Morgan fingerprint density at radius 3 is 2.59 bits per heavy atom. The molecule has 0 bridgehead atoms. The Labute approximate surface area is 155 Å². The first kappa shape index (κ1) is 18.7. The Morgan fingerprint density at radius 1 is 1.22 bits per heavy atom. The number of carbonyl (C=O) groups excluding carboxylic acids is 1. The average molecular weight is 372 g/mol. The zero-order valence-corrected chi connectivity index (χ0v) is 14.8. The number of aliphatic carboxylic acids is 1. The molecule has 142 valence electrons. The van der Waals surface area contributed by atoms with Crippen LogP contribution >= 0.6 is 0 Å². The lowest BCUT2D eigenvalue weighted by Gasteiger charge is -2.17. The van der Waals surface area contributed by atoms with E-state index in [4.69, 9.17) is 9.84 Å². The molecule has 3 N–H and O–H groups in total. The lowest BCUT2D eigenvalue weighted by atomic mass is 10.0. The summed E-state index contributed by atoms with van der Waals surface area (Å²) >= 11 is 0. The number of pyridine rings is 1. The van der Waals surface area contributed by atoms with Crippen molar-refractivity contribution < 1.29 is 24.5 Å². The van der Waals surface area contributed by atoms with Crippen molar-refractivity contribution in [3.05, 3.63) is 62.6 Å². The fourth-order valence-corrected chi connectivity index (χ4v) is 3.22. The van der Waals surface area contributed by atoms with E-state index in [1.165, 1.54) is 4.57 Å². The van der Waals surface area contributed by atoms with Crippen molar-refractivity contribution in [2.24, 2.45) is 0 Å². The van der Waals surface area contributed by atoms with Gasteiger partial charge in [0.25, 0.3) is 11.5 Å². The number of rotatable bonds is 6. The number of carbonyl (C=O) groups is 2. The van der Waals surface area contributed by atoms with Crippen LogP contribution in [0, 0.1) is 0 Å². The van der Waals surface area contributed by atoms with Gasteiger partial charge in [-0.15, -0.1) is 0 Å². The fourth-order valence-electron chi connectivity index (χ4n) is 3.22. The highest BCUT2D eigenvalue weighted by Crippen LogP contribution is 2.30. The van der Waals surface area contributed by atoms with E-state index < -0.39 is 35.3 Å². The second-order valence-electron chi connectivity index (χ2n) is 6.23. The molecule has 0 aliphatic carbocycles. The zero-order chi connectivity index (χ0) is 19.6. The van der Waals surface area contributed by atoms with Gasteiger partial charge in [-0.05, 0) is 17.5 Å². The number of ether oxygens (including phenoxy) is 1. The van der Waals surface area contributed by atoms with Gasteiger partial charge in [-0.1, -0.05) is 31.2 Å². The summed E-state index contributed by atoms with van der Waals surface area (Å²) in [6.45, 7) is 1.83. The largest absolute Gasteiger partial charge is 0.506 e. The third-order valence-corrected chi connectivity index (χ3v) is 4.60. The van der Waals surface area contributed by atoms with Gasteiger partial charge in [-0.3, -0.25) is 14.4 Å². The SMILES string of the molecule is CCc1ccccc1Cn1c2c(c(O)c(C(=O)NCC(=O)O)c1=O)COC2. The Balaban J connectivity index is 2.10. The fraction of sp³-hybridized carbons (Fsp3) is 0.316. The molecular weight excluding hydrogens is 352 g/mol. The molecule has 1 aliphatic rings. The maximum absolute atomic E-state index is 13.0. The van der Waals surface area contributed by atoms with Crippen molar-refractivity contribution in [1.29, 1.82) is 0 Å². The van der Waals surface area contributed by atoms with Crippen LogP contribution in [-0.2, 0) is 35.7 Å². The van der Waals surface area contributed by atoms with E-state index in [-0.39, 0.29) is 19.8 Å². The summed E-state index contributed by atoms with van der Waals surface area (Å²) in [4.78, 5) is 36.0. The maximum atomic E-state index is 13.0. The normalized spacial score (nSPS) is 12.6. The minimum atomic E-state index is -1.25. The van der Waals surface area contributed by atoms with E-state index >= 15 is 0 Å². The van der Waals surface area contributed by atoms with E-state index in [2.05, 4.69) is 5.32 Å². The average Bonchev–Trinajstić information content (AvgIpc) is 3.14. The molecule has 0 fully saturated rings. The molecule has 0 atom stereocenters. The van der Waals surface area contributed by atoms with Crippen molar-refractivity contribution in [2.75, 3.05) is 6.54 Å². The molecule has 1 amide bonds. The molecule has 0 saturated heterocycles. The number of hydrogen-bond acceptors (Lipinski definition) is 5. The number of carboxylic acid groups (broad SMARTS) is 1. The van der Waals surface area contributed by atoms with E-state index in [0.29, 0.717) is 11.3 Å². The molecule has 1 aromatic carbocycles. The second-order valence-corrected chi connectivity index (χ2v) is 6.23. The maximum Gasteiger partial charge on any atom is 0.322 e. The van der Waals surface area contributed by atoms with Crippen LogP contribution in [0.15, 0.2) is 29.1 Å². The number of nitrogens with zero attached hydrogens (tertiary/aromatic N) is 1. The van der Waals surface area contributed by atoms with Gasteiger partial charge in [0.05, 0.1) is 25.5 Å². The van der Waals surface area contributed by atoms with Crippen molar-refractivity contribution in [3.8, 4) is 5.75 Å². The van der Waals surface area contributed by atoms with E-state index in [1.54, 1.807) is 0 Å². The van der Waals surface area contributed by atoms with Gasteiger partial charge < -0.3 is 24.8 Å². The van der Waals surface area contributed by atoms with Crippen LogP contribution in [0.25, 0.3) is 0 Å². The summed E-state index contributed by atoms with van der Waals surface area (Å²) in [6.07, 6.45) is 0.785. The molecule has 0 saturated carbocycles. The van der Waals surface area contributed by atoms with Gasteiger partial charge in [0.1, 0.15) is 17.9 Å². The van der Waals surface area contributed by atoms with Crippen molar-refractivity contribution >= 4 is 11.9 Å². The molecule has 0 spiro atoms. The first-order valence-electron chi connectivity index (χ1n) is 8.56. The van der Waals surface area contributed by atoms with Crippen LogP contribution in [0.2, 0.25) is 0 Å². The first-order valence-corrected chi connectivity index (χ1v) is 8.56. The number of aromatic nitrogens is 1. The molecule has 3 rings (SSSR count). The van der Waals surface area contributed by atoms with E-state index in [0.717, 1.165) is 17.5 Å². The third kappa shape index (κ3) is 3.56. The number of fused-ring (bicyclic) bond motifs is 1. The summed E-state index contributed by atoms with van der Waals surface area (Å²) in [7, 11) is 0. The van der Waals surface area contributed by atoms with Crippen LogP contribution in [0.1, 0.15) is 39.7 Å². The number of aromatic hydroxyl groups is 1. The number of benzene rings is 1. The Morgan fingerprint density at radius 2 is 1.93 bits per heavy atom. The molecule has 8 nitrogen and oxygen atoms in total. The Kier molecular flexibility index (Phi) is 5.27. The molecule has 8 heteroatoms. The van der Waals surface area contributed by atoms with Crippen LogP contribution in [0.5, 0.6) is 5.75 Å². The number of amides is 1. The summed E-state index contributed by atoms with van der Waals surface area (Å²) < 4.78 is 6.80. The molecule has 27 heavy (non-hydrogen) atoms. The first-order chi connectivity index (χ1) is 12.9. The van der Waals surface area contributed by atoms with Gasteiger partial charge in [-0.2, -0.15) is 0 Å². The Hall–Kier alpha value is -3.13. The van der Waals surface area contributed by atoms with E-state index in [9.17, 15) is 19.5 Å². The summed E-state index contributed by atoms with van der Waals surface area (Å²) in [5.41, 5.74) is 1.77. The number of nitrogens with one attached hydrogen (secondary N) is 1. The van der Waals surface area contributed by atoms with Gasteiger partial charge in [-0.25, -0.2) is 0 Å². The standard InChI is InChI=1S/C19H20N2O6/c1-2-11-5-3-4-6-12(11)8-21-14-10-27-9-13(14)17(24)16(19(21)26)18(25)20-7-15(22)23/h3-6,24H,2,7-10H2,1H3,(H,20,25)(H,22,23). The summed E-state index contributed by atoms with van der Waals surface area (Å²) in [5, 5.41) is 21.3. The van der Waals surface area contributed by atoms with Crippen molar-refractivity contribution in [1.82, 2.24) is 9.88 Å². The number of aryl methyl sites for hydroxylation is 1. The second kappa shape index (κ2) is 7.63. The van der Waals surface area contributed by atoms with Crippen LogP contribution in [0.4, 0.5) is 0 Å². The topological polar surface area (TPSA) is 118 Å². The molecule has 2 heterocycles. The van der Waals surface area contributed by atoms with Crippen molar-refractivity contribution in [2.45, 2.75) is 33.1 Å². The Bertz CT molecular complexity index is 963. The van der Waals surface area contributed by atoms with Crippen LogP contribution in [-0.4, -0.2) is 33.2 Å². The summed E-state index contributed by atoms with van der Waals surface area (Å²) in [6, 6.07) is 7.67. The number of carboxylic acids is 1. The molecule has 1 aromatic heterocycles. The summed E-state index contributed by atoms with van der Waals surface area (Å²) in [5.74, 6) is -2.62. The highest BCUT2D eigenvalue weighted by Gasteiger charge is 2.29. The monoisotopic (exact) mass is 372 g/mol. The third-order valence-electron chi connectivity index (χ3n) is 4.60. The predicted octanol–water partition coefficient (Wildman–Crippen LogP) is 1.01. The molecular formula is C19H20N2O6. The van der Waals surface area contributed by atoms with Gasteiger partial charge in [0.2, 0.25) is 0 Å². The smallest absolute Gasteiger partial charge is 0.322 e. The van der Waals surface area contributed by atoms with Crippen LogP contribution in [0.3, 0.4) is 0 Å². The minimum absolute atomic E-state index is 0.0794. The van der Waals surface area contributed by atoms with Gasteiger partial charge in [0, 0.05) is 5.56 Å². The molecule has 2 aromatic rings. The zero-order valence-electron chi connectivity index (χ0n) is 14.8. The predicted molar refractivity (Wildman–Crippen MR) is 95.8 cm³/mol. The van der Waals surface area contributed by atoms with Gasteiger partial charge >= 0.3 is 5.97 Å². The molecule has 0 unspecified atom stereocenters. The van der Waals surface area contributed by atoms with Crippen LogP contribution < -0.4 is 10.9 Å². The highest BCUT2D eigenvalue weighted by atomic mass is 16.5. The van der Waals surface area contributed by atoms with E-state index in [1.807, 2.05) is 31.2 Å².